The maximum atomic E-state index is 13.3. The number of hydrogen-bond donors (Lipinski definition) is 1. The molecule has 1 N–H and O–H groups in total. The molecule has 3 aromatic rings. The highest BCUT2D eigenvalue weighted by molar-refractivity contribution is 7.10. The maximum Gasteiger partial charge on any atom is 0.253 e. The van der Waals surface area contributed by atoms with E-state index in [0.29, 0.717) is 10.6 Å². The lowest BCUT2D eigenvalue weighted by molar-refractivity contribution is 0.0891. The van der Waals surface area contributed by atoms with Gasteiger partial charge >= 0.3 is 0 Å². The molecule has 2 heterocycles. The molecular formula is C24H25ClFN3OS. The zero-order valence-corrected chi connectivity index (χ0v) is 18.9. The third-order valence-electron chi connectivity index (χ3n) is 5.68. The fourth-order valence-corrected chi connectivity index (χ4v) is 5.31. The van der Waals surface area contributed by atoms with Crippen LogP contribution in [0.25, 0.3) is 0 Å². The van der Waals surface area contributed by atoms with Gasteiger partial charge in [0.1, 0.15) is 5.82 Å². The Balaban J connectivity index is 1.47. The number of thiophene rings is 1. The summed E-state index contributed by atoms with van der Waals surface area (Å²) < 4.78 is 13.3. The molecule has 2 atom stereocenters. The van der Waals surface area contributed by atoms with Crippen LogP contribution in [-0.4, -0.2) is 43.0 Å². The van der Waals surface area contributed by atoms with E-state index in [1.54, 1.807) is 23.5 Å². The lowest BCUT2D eigenvalue weighted by atomic mass is 10.0. The van der Waals surface area contributed by atoms with Crippen molar-refractivity contribution in [3.8, 4) is 0 Å². The van der Waals surface area contributed by atoms with Crippen LogP contribution in [0.5, 0.6) is 0 Å². The van der Waals surface area contributed by atoms with Crippen molar-refractivity contribution in [1.82, 2.24) is 10.2 Å². The first-order valence-electron chi connectivity index (χ1n) is 10.4. The zero-order chi connectivity index (χ0) is 21.8. The molecule has 0 saturated carbocycles. The Bertz CT molecular complexity index is 1000. The van der Waals surface area contributed by atoms with Crippen molar-refractivity contribution in [3.05, 3.63) is 87.3 Å². The number of amides is 1. The Morgan fingerprint density at radius 1 is 1.03 bits per heavy atom. The normalized spacial score (nSPS) is 16.7. The van der Waals surface area contributed by atoms with Crippen LogP contribution in [0.4, 0.5) is 10.1 Å². The van der Waals surface area contributed by atoms with Gasteiger partial charge in [0.15, 0.2) is 0 Å². The van der Waals surface area contributed by atoms with E-state index in [0.717, 1.165) is 31.9 Å². The van der Waals surface area contributed by atoms with E-state index in [1.165, 1.54) is 17.0 Å². The lowest BCUT2D eigenvalue weighted by Crippen LogP contribution is -2.52. The standard InChI is InChI=1S/C24H25ClFN3OS/c1-17(27-24(30)20-5-2-3-6-21(20)25)23(22-7-4-16-31-22)29-14-12-28(13-15-29)19-10-8-18(26)9-11-19/h2-11,16-17,23H,12-15H2,1H3,(H,27,30)/t17-,23-/m1/s1. The van der Waals surface area contributed by atoms with Gasteiger partial charge in [0.05, 0.1) is 16.6 Å². The molecule has 4 nitrogen and oxygen atoms in total. The zero-order valence-electron chi connectivity index (χ0n) is 17.3. The van der Waals surface area contributed by atoms with Crippen LogP contribution in [0.15, 0.2) is 66.0 Å². The second-order valence-corrected chi connectivity index (χ2v) is 9.09. The van der Waals surface area contributed by atoms with Gasteiger partial charge in [0.2, 0.25) is 0 Å². The van der Waals surface area contributed by atoms with E-state index < -0.39 is 0 Å². The third kappa shape index (κ3) is 5.09. The SMILES string of the molecule is C[C@@H](NC(=O)c1ccccc1Cl)[C@H](c1cccs1)N1CCN(c2ccc(F)cc2)CC1. The number of halogens is 2. The van der Waals surface area contributed by atoms with Gasteiger partial charge in [-0.05, 0) is 54.8 Å². The number of anilines is 1. The molecule has 7 heteroatoms. The minimum Gasteiger partial charge on any atom is -0.369 e. The van der Waals surface area contributed by atoms with E-state index in [-0.39, 0.29) is 23.8 Å². The van der Waals surface area contributed by atoms with Gasteiger partial charge in [-0.25, -0.2) is 4.39 Å². The molecule has 0 aliphatic carbocycles. The Labute approximate surface area is 191 Å². The van der Waals surface area contributed by atoms with Gasteiger partial charge in [-0.15, -0.1) is 11.3 Å². The van der Waals surface area contributed by atoms with Gasteiger partial charge in [0, 0.05) is 42.8 Å². The minimum atomic E-state index is -0.219. The predicted molar refractivity (Wildman–Crippen MR) is 126 cm³/mol. The number of hydrogen-bond acceptors (Lipinski definition) is 4. The van der Waals surface area contributed by atoms with Crippen molar-refractivity contribution >= 4 is 34.5 Å². The number of nitrogens with zero attached hydrogens (tertiary/aromatic N) is 2. The molecule has 2 aromatic carbocycles. The molecule has 0 unspecified atom stereocenters. The van der Waals surface area contributed by atoms with Crippen molar-refractivity contribution < 1.29 is 9.18 Å². The van der Waals surface area contributed by atoms with Crippen LogP contribution in [0, 0.1) is 5.82 Å². The molecule has 1 aliphatic rings. The molecular weight excluding hydrogens is 433 g/mol. The van der Waals surface area contributed by atoms with Gasteiger partial charge in [-0.2, -0.15) is 0 Å². The van der Waals surface area contributed by atoms with Crippen LogP contribution in [0.1, 0.15) is 28.2 Å². The minimum absolute atomic E-state index is 0.0711. The second kappa shape index (κ2) is 9.81. The van der Waals surface area contributed by atoms with Crippen molar-refractivity contribution in [2.24, 2.45) is 0 Å². The third-order valence-corrected chi connectivity index (χ3v) is 6.96. The van der Waals surface area contributed by atoms with Crippen molar-refractivity contribution in [1.29, 1.82) is 0 Å². The predicted octanol–water partition coefficient (Wildman–Crippen LogP) is 5.22. The summed E-state index contributed by atoms with van der Waals surface area (Å²) in [5.74, 6) is -0.382. The lowest BCUT2D eigenvalue weighted by Gasteiger charge is -2.42. The fraction of sp³-hybridized carbons (Fsp3) is 0.292. The summed E-state index contributed by atoms with van der Waals surface area (Å²) in [4.78, 5) is 18.8. The molecule has 1 aliphatic heterocycles. The Kier molecular flexibility index (Phi) is 6.90. The summed E-state index contributed by atoms with van der Waals surface area (Å²) in [6.07, 6.45) is 0. The summed E-state index contributed by atoms with van der Waals surface area (Å²) in [6.45, 7) is 5.45. The summed E-state index contributed by atoms with van der Waals surface area (Å²) in [7, 11) is 0. The number of benzene rings is 2. The molecule has 31 heavy (non-hydrogen) atoms. The Hall–Kier alpha value is -2.41. The molecule has 1 aromatic heterocycles. The molecule has 0 bridgehead atoms. The molecule has 0 spiro atoms. The highest BCUT2D eigenvalue weighted by Gasteiger charge is 2.31. The first-order valence-corrected chi connectivity index (χ1v) is 11.6. The van der Waals surface area contributed by atoms with Crippen LogP contribution >= 0.6 is 22.9 Å². The van der Waals surface area contributed by atoms with Crippen molar-refractivity contribution in [2.75, 3.05) is 31.1 Å². The maximum absolute atomic E-state index is 13.3. The number of rotatable bonds is 6. The summed E-state index contributed by atoms with van der Waals surface area (Å²) in [5, 5.41) is 5.68. The van der Waals surface area contributed by atoms with Gasteiger partial charge < -0.3 is 10.2 Å². The quantitative estimate of drug-likeness (QED) is 0.551. The average Bonchev–Trinajstić information content (AvgIpc) is 3.29. The van der Waals surface area contributed by atoms with Gasteiger partial charge in [-0.3, -0.25) is 9.69 Å². The highest BCUT2D eigenvalue weighted by Crippen LogP contribution is 2.30. The Morgan fingerprint density at radius 2 is 1.74 bits per heavy atom. The number of piperazine rings is 1. The summed E-state index contributed by atoms with van der Waals surface area (Å²) >= 11 is 7.92. The van der Waals surface area contributed by atoms with Crippen LogP contribution in [0.3, 0.4) is 0 Å². The smallest absolute Gasteiger partial charge is 0.253 e. The topological polar surface area (TPSA) is 35.6 Å². The molecule has 1 amide bonds. The first-order chi connectivity index (χ1) is 15.0. The van der Waals surface area contributed by atoms with E-state index in [2.05, 4.69) is 26.6 Å². The molecule has 1 fully saturated rings. The van der Waals surface area contributed by atoms with Crippen molar-refractivity contribution in [2.45, 2.75) is 19.0 Å². The molecule has 0 radical (unpaired) electrons. The van der Waals surface area contributed by atoms with E-state index in [4.69, 9.17) is 11.6 Å². The number of carbonyl (C=O) groups is 1. The first kappa shape index (κ1) is 21.8. The Morgan fingerprint density at radius 3 is 2.39 bits per heavy atom. The van der Waals surface area contributed by atoms with Gasteiger partial charge in [0.25, 0.3) is 5.91 Å². The largest absolute Gasteiger partial charge is 0.369 e. The molecule has 162 valence electrons. The highest BCUT2D eigenvalue weighted by atomic mass is 35.5. The van der Waals surface area contributed by atoms with Crippen molar-refractivity contribution in [3.63, 3.8) is 0 Å². The number of nitrogens with one attached hydrogen (secondary N) is 1. The van der Waals surface area contributed by atoms with E-state index in [9.17, 15) is 9.18 Å². The summed E-state index contributed by atoms with van der Waals surface area (Å²) in [6, 6.07) is 17.9. The van der Waals surface area contributed by atoms with Gasteiger partial charge in [-0.1, -0.05) is 29.8 Å². The summed E-state index contributed by atoms with van der Waals surface area (Å²) in [5.41, 5.74) is 1.52. The monoisotopic (exact) mass is 457 g/mol. The van der Waals surface area contributed by atoms with Crippen LogP contribution in [0.2, 0.25) is 5.02 Å². The average molecular weight is 458 g/mol. The number of carbonyl (C=O) groups excluding carboxylic acids is 1. The molecule has 1 saturated heterocycles. The van der Waals surface area contributed by atoms with Crippen LogP contribution < -0.4 is 10.2 Å². The second-order valence-electron chi connectivity index (χ2n) is 7.70. The fourth-order valence-electron chi connectivity index (χ4n) is 4.12. The van der Waals surface area contributed by atoms with Crippen LogP contribution in [-0.2, 0) is 0 Å². The van der Waals surface area contributed by atoms with E-state index >= 15 is 0 Å². The molecule has 4 rings (SSSR count). The van der Waals surface area contributed by atoms with E-state index in [1.807, 2.05) is 37.3 Å².